The van der Waals surface area contributed by atoms with Crippen LogP contribution in [0, 0.1) is 0 Å². The molecule has 166 valence electrons. The highest BCUT2D eigenvalue weighted by atomic mass is 127. The Kier molecular flexibility index (Phi) is 11.7. The first-order valence-corrected chi connectivity index (χ1v) is 11.5. The first kappa shape index (κ1) is 25.8. The first-order valence-electron chi connectivity index (χ1n) is 9.68. The fraction of sp³-hybridized carbons (Fsp3) is 0.632. The van der Waals surface area contributed by atoms with Crippen LogP contribution >= 0.6 is 24.0 Å². The van der Waals surface area contributed by atoms with Crippen molar-refractivity contribution in [3.05, 3.63) is 24.3 Å². The molecule has 0 amide bonds. The Morgan fingerprint density at radius 3 is 2.48 bits per heavy atom. The van der Waals surface area contributed by atoms with Gasteiger partial charge in [-0.2, -0.15) is 0 Å². The second-order valence-electron chi connectivity index (χ2n) is 6.72. The van der Waals surface area contributed by atoms with Gasteiger partial charge in [-0.15, -0.1) is 24.0 Å². The van der Waals surface area contributed by atoms with Gasteiger partial charge in [-0.1, -0.05) is 12.1 Å². The number of nitrogens with zero attached hydrogens (tertiary/aromatic N) is 2. The van der Waals surface area contributed by atoms with E-state index in [-0.39, 0.29) is 41.6 Å². The fourth-order valence-electron chi connectivity index (χ4n) is 2.84. The lowest BCUT2D eigenvalue weighted by Gasteiger charge is -2.26. The molecule has 1 aliphatic rings. The van der Waals surface area contributed by atoms with E-state index in [0.29, 0.717) is 37.7 Å². The van der Waals surface area contributed by atoms with Crippen LogP contribution < -0.4 is 20.1 Å². The van der Waals surface area contributed by atoms with Gasteiger partial charge in [-0.25, -0.2) is 13.4 Å². The van der Waals surface area contributed by atoms with Crippen LogP contribution in [0.1, 0.15) is 13.8 Å². The lowest BCUT2D eigenvalue weighted by atomic mass is 10.3. The third-order valence-corrected chi connectivity index (χ3v) is 6.01. The molecule has 1 aliphatic heterocycles. The van der Waals surface area contributed by atoms with E-state index in [1.54, 1.807) is 7.11 Å². The van der Waals surface area contributed by atoms with Crippen molar-refractivity contribution in [3.8, 4) is 11.5 Å². The Balaban J connectivity index is 0.00000420. The maximum absolute atomic E-state index is 11.5. The molecule has 1 aromatic rings. The highest BCUT2D eigenvalue weighted by Crippen LogP contribution is 2.26. The van der Waals surface area contributed by atoms with Crippen LogP contribution in [-0.4, -0.2) is 83.3 Å². The average molecular weight is 540 g/mol. The van der Waals surface area contributed by atoms with Gasteiger partial charge in [-0.3, -0.25) is 4.90 Å². The second-order valence-corrected chi connectivity index (χ2v) is 9.02. The standard InChI is InChI=1S/C19H32N4O4S.HI/c1-4-20-19(21-9-10-23-11-13-28(24,25)14-12-23)22-15-16(2)27-18-8-6-5-7-17(18)26-3;/h5-8,16H,4,9-15H2,1-3H3,(H2,20,21,22);1H. The van der Waals surface area contributed by atoms with Gasteiger partial charge < -0.3 is 20.1 Å². The largest absolute Gasteiger partial charge is 0.493 e. The molecule has 8 nitrogen and oxygen atoms in total. The number of ether oxygens (including phenoxy) is 2. The minimum Gasteiger partial charge on any atom is -0.493 e. The average Bonchev–Trinajstić information content (AvgIpc) is 2.68. The maximum atomic E-state index is 11.5. The molecule has 0 aliphatic carbocycles. The molecule has 1 heterocycles. The highest BCUT2D eigenvalue weighted by Gasteiger charge is 2.20. The summed E-state index contributed by atoms with van der Waals surface area (Å²) in [5.41, 5.74) is 0. The molecule has 0 spiro atoms. The topological polar surface area (TPSA) is 92.3 Å². The summed E-state index contributed by atoms with van der Waals surface area (Å²) in [6, 6.07) is 7.55. The number of para-hydroxylation sites is 2. The van der Waals surface area contributed by atoms with Crippen molar-refractivity contribution >= 4 is 39.8 Å². The van der Waals surface area contributed by atoms with Crippen molar-refractivity contribution in [2.75, 3.05) is 57.9 Å². The van der Waals surface area contributed by atoms with Crippen LogP contribution in [0.4, 0.5) is 0 Å². The summed E-state index contributed by atoms with van der Waals surface area (Å²) in [7, 11) is -1.21. The molecule has 0 radical (unpaired) electrons. The number of halogens is 1. The van der Waals surface area contributed by atoms with Gasteiger partial charge in [0, 0.05) is 32.7 Å². The Morgan fingerprint density at radius 1 is 1.21 bits per heavy atom. The van der Waals surface area contributed by atoms with Crippen molar-refractivity contribution in [1.82, 2.24) is 15.5 Å². The van der Waals surface area contributed by atoms with Crippen molar-refractivity contribution in [2.45, 2.75) is 20.0 Å². The Morgan fingerprint density at radius 2 is 1.86 bits per heavy atom. The molecule has 10 heteroatoms. The summed E-state index contributed by atoms with van der Waals surface area (Å²) in [6.07, 6.45) is -0.112. The van der Waals surface area contributed by atoms with E-state index < -0.39 is 9.84 Å². The lowest BCUT2D eigenvalue weighted by molar-refractivity contribution is 0.219. The van der Waals surface area contributed by atoms with Crippen LogP contribution in [0.2, 0.25) is 0 Å². The van der Waals surface area contributed by atoms with Gasteiger partial charge in [-0.05, 0) is 26.0 Å². The molecule has 1 atom stereocenters. The molecule has 2 N–H and O–H groups in total. The van der Waals surface area contributed by atoms with E-state index in [0.717, 1.165) is 19.0 Å². The molecule has 2 rings (SSSR count). The number of guanidine groups is 1. The van der Waals surface area contributed by atoms with Crippen LogP contribution in [-0.2, 0) is 9.84 Å². The minimum absolute atomic E-state index is 0. The molecule has 1 saturated heterocycles. The van der Waals surface area contributed by atoms with E-state index in [4.69, 9.17) is 9.47 Å². The molecule has 1 unspecified atom stereocenters. The summed E-state index contributed by atoms with van der Waals surface area (Å²) < 4.78 is 34.2. The van der Waals surface area contributed by atoms with Gasteiger partial charge >= 0.3 is 0 Å². The summed E-state index contributed by atoms with van der Waals surface area (Å²) in [5.74, 6) is 2.62. The third kappa shape index (κ3) is 9.39. The number of nitrogens with one attached hydrogen (secondary N) is 2. The Hall–Kier alpha value is -1.27. The van der Waals surface area contributed by atoms with Gasteiger partial charge in [0.2, 0.25) is 0 Å². The molecule has 29 heavy (non-hydrogen) atoms. The van der Waals surface area contributed by atoms with Crippen LogP contribution in [0.15, 0.2) is 29.3 Å². The Labute approximate surface area is 191 Å². The number of hydrogen-bond acceptors (Lipinski definition) is 6. The predicted molar refractivity (Wildman–Crippen MR) is 128 cm³/mol. The number of benzene rings is 1. The molecular weight excluding hydrogens is 507 g/mol. The molecule has 0 bridgehead atoms. The normalized spacial score (nSPS) is 17.7. The summed E-state index contributed by atoms with van der Waals surface area (Å²) in [5, 5.41) is 6.52. The van der Waals surface area contributed by atoms with Crippen molar-refractivity contribution in [3.63, 3.8) is 0 Å². The minimum atomic E-state index is -2.84. The summed E-state index contributed by atoms with van der Waals surface area (Å²) in [6.45, 7) is 7.92. The lowest BCUT2D eigenvalue weighted by Crippen LogP contribution is -2.46. The number of methoxy groups -OCH3 is 1. The van der Waals surface area contributed by atoms with Gasteiger partial charge in [0.1, 0.15) is 6.10 Å². The van der Waals surface area contributed by atoms with Crippen LogP contribution in [0.5, 0.6) is 11.5 Å². The number of hydrogen-bond donors (Lipinski definition) is 2. The van der Waals surface area contributed by atoms with E-state index in [1.807, 2.05) is 38.1 Å². The monoisotopic (exact) mass is 540 g/mol. The van der Waals surface area contributed by atoms with Gasteiger partial charge in [0.25, 0.3) is 0 Å². The molecule has 1 aromatic carbocycles. The zero-order valence-corrected chi connectivity index (χ0v) is 20.5. The maximum Gasteiger partial charge on any atom is 0.191 e. The number of rotatable bonds is 9. The molecule has 1 fully saturated rings. The molecule has 0 saturated carbocycles. The highest BCUT2D eigenvalue weighted by molar-refractivity contribution is 14.0. The van der Waals surface area contributed by atoms with Crippen LogP contribution in [0.25, 0.3) is 0 Å². The van der Waals surface area contributed by atoms with Crippen molar-refractivity contribution in [1.29, 1.82) is 0 Å². The summed E-state index contributed by atoms with van der Waals surface area (Å²) >= 11 is 0. The van der Waals surface area contributed by atoms with Crippen molar-refractivity contribution in [2.24, 2.45) is 4.99 Å². The van der Waals surface area contributed by atoms with Gasteiger partial charge in [0.15, 0.2) is 27.3 Å². The number of aliphatic imine (C=N–C) groups is 1. The van der Waals surface area contributed by atoms with Crippen LogP contribution in [0.3, 0.4) is 0 Å². The first-order chi connectivity index (χ1) is 13.4. The van der Waals surface area contributed by atoms with E-state index in [2.05, 4.69) is 20.5 Å². The third-order valence-electron chi connectivity index (χ3n) is 4.41. The molecular formula is C19H33IN4O4S. The summed E-state index contributed by atoms with van der Waals surface area (Å²) in [4.78, 5) is 6.74. The second kappa shape index (κ2) is 13.1. The Bertz CT molecular complexity index is 731. The smallest absolute Gasteiger partial charge is 0.191 e. The fourth-order valence-corrected chi connectivity index (χ4v) is 4.11. The molecule has 0 aromatic heterocycles. The quantitative estimate of drug-likeness (QED) is 0.278. The zero-order valence-electron chi connectivity index (χ0n) is 17.4. The number of sulfone groups is 1. The SMILES string of the molecule is CCNC(=NCC(C)Oc1ccccc1OC)NCCN1CCS(=O)(=O)CC1.I. The van der Waals surface area contributed by atoms with Crippen molar-refractivity contribution < 1.29 is 17.9 Å². The van der Waals surface area contributed by atoms with E-state index >= 15 is 0 Å². The van der Waals surface area contributed by atoms with Gasteiger partial charge in [0.05, 0.1) is 25.2 Å². The predicted octanol–water partition coefficient (Wildman–Crippen LogP) is 1.37. The van der Waals surface area contributed by atoms with E-state index in [9.17, 15) is 8.42 Å². The zero-order chi connectivity index (χ0) is 20.4. The van der Waals surface area contributed by atoms with E-state index in [1.165, 1.54) is 0 Å².